The molecule has 1 rings (SSSR count). The van der Waals surface area contributed by atoms with E-state index < -0.39 is 5.60 Å². The normalized spacial score (nSPS) is 17.5. The second-order valence-corrected chi connectivity index (χ2v) is 8.80. The van der Waals surface area contributed by atoms with Gasteiger partial charge in [-0.25, -0.2) is 4.79 Å². The molecule has 1 saturated heterocycles. The molecule has 0 aliphatic carbocycles. The average molecular weight is 542 g/mol. The molecule has 0 bridgehead atoms. The van der Waals surface area contributed by atoms with Crippen LogP contribution in [0.2, 0.25) is 0 Å². The summed E-state index contributed by atoms with van der Waals surface area (Å²) in [6.07, 6.45) is 4.05. The van der Waals surface area contributed by atoms with Crippen molar-refractivity contribution < 1.29 is 14.3 Å². The number of aliphatic imine (C=N–C) groups is 1. The first-order chi connectivity index (χ1) is 13.7. The molecule has 8 nitrogen and oxygen atoms in total. The minimum atomic E-state index is -0.443. The molecule has 1 atom stereocenters. The fourth-order valence-electron chi connectivity index (χ4n) is 3.36. The van der Waals surface area contributed by atoms with Gasteiger partial charge in [-0.1, -0.05) is 0 Å². The van der Waals surface area contributed by atoms with Crippen molar-refractivity contribution in [2.45, 2.75) is 52.1 Å². The summed E-state index contributed by atoms with van der Waals surface area (Å²) in [5.41, 5.74) is -0.443. The number of ether oxygens (including phenoxy) is 2. The van der Waals surface area contributed by atoms with Crippen LogP contribution in [-0.2, 0) is 9.47 Å². The number of halogens is 1. The molecule has 30 heavy (non-hydrogen) atoms. The lowest BCUT2D eigenvalue weighted by Crippen LogP contribution is -2.44. The van der Waals surface area contributed by atoms with Crippen molar-refractivity contribution in [2.75, 3.05) is 67.1 Å². The van der Waals surface area contributed by atoms with Crippen LogP contribution < -0.4 is 10.6 Å². The van der Waals surface area contributed by atoms with Crippen LogP contribution in [0, 0.1) is 5.92 Å². The van der Waals surface area contributed by atoms with Gasteiger partial charge in [0.05, 0.1) is 0 Å². The monoisotopic (exact) mass is 541 g/mol. The molecule has 1 fully saturated rings. The van der Waals surface area contributed by atoms with Crippen LogP contribution in [0.1, 0.15) is 46.5 Å². The van der Waals surface area contributed by atoms with E-state index in [1.165, 1.54) is 0 Å². The number of likely N-dealkylation sites (tertiary alicyclic amines) is 1. The summed E-state index contributed by atoms with van der Waals surface area (Å²) in [6.45, 7) is 11.8. The Kier molecular flexibility index (Phi) is 15.5. The molecule has 0 aromatic heterocycles. The van der Waals surface area contributed by atoms with Crippen molar-refractivity contribution in [2.24, 2.45) is 10.9 Å². The number of guanidine groups is 1. The highest BCUT2D eigenvalue weighted by atomic mass is 127. The maximum Gasteiger partial charge on any atom is 0.410 e. The Hall–Kier alpha value is -0.810. The number of piperidine rings is 1. The highest BCUT2D eigenvalue weighted by molar-refractivity contribution is 14.0. The van der Waals surface area contributed by atoms with Crippen LogP contribution in [0.5, 0.6) is 0 Å². The number of carbonyl (C=O) groups excluding carboxylic acids is 1. The Balaban J connectivity index is 0.00000841. The molecule has 9 heteroatoms. The number of rotatable bonds is 10. The van der Waals surface area contributed by atoms with Gasteiger partial charge in [0.2, 0.25) is 0 Å². The summed E-state index contributed by atoms with van der Waals surface area (Å²) in [7, 11) is 5.65. The fraction of sp³-hybridized carbons (Fsp3) is 0.905. The van der Waals surface area contributed by atoms with Crippen molar-refractivity contribution in [1.82, 2.24) is 20.4 Å². The quantitative estimate of drug-likeness (QED) is 0.192. The SMILES string of the molecule is CN=C(NCCC1CCCN(C(=O)OC(C)(C)C)C1)NCCN(C)CCCOC.I. The molecule has 1 heterocycles. The van der Waals surface area contributed by atoms with Gasteiger partial charge in [0.1, 0.15) is 5.60 Å². The molecule has 1 amide bonds. The average Bonchev–Trinajstić information content (AvgIpc) is 2.66. The number of nitrogens with one attached hydrogen (secondary N) is 2. The molecule has 1 aliphatic rings. The smallest absolute Gasteiger partial charge is 0.410 e. The fourth-order valence-corrected chi connectivity index (χ4v) is 3.36. The maximum absolute atomic E-state index is 12.3. The molecule has 0 spiro atoms. The lowest BCUT2D eigenvalue weighted by atomic mass is 9.95. The second-order valence-electron chi connectivity index (χ2n) is 8.80. The molecule has 2 N–H and O–H groups in total. The number of amides is 1. The minimum absolute atomic E-state index is 0. The lowest BCUT2D eigenvalue weighted by Gasteiger charge is -2.34. The number of methoxy groups -OCH3 is 1. The summed E-state index contributed by atoms with van der Waals surface area (Å²) in [5, 5.41) is 6.75. The van der Waals surface area contributed by atoms with Crippen LogP contribution in [0.25, 0.3) is 0 Å². The molecular weight excluding hydrogens is 497 g/mol. The van der Waals surface area contributed by atoms with Gasteiger partial charge in [0.15, 0.2) is 5.96 Å². The van der Waals surface area contributed by atoms with E-state index in [0.29, 0.717) is 5.92 Å². The number of nitrogens with zero attached hydrogens (tertiary/aromatic N) is 3. The van der Waals surface area contributed by atoms with Crippen LogP contribution in [0.4, 0.5) is 4.79 Å². The summed E-state index contributed by atoms with van der Waals surface area (Å²) >= 11 is 0. The Labute approximate surface area is 200 Å². The van der Waals surface area contributed by atoms with E-state index in [9.17, 15) is 4.79 Å². The number of carbonyl (C=O) groups is 1. The van der Waals surface area contributed by atoms with Crippen molar-refractivity contribution in [3.8, 4) is 0 Å². The lowest BCUT2D eigenvalue weighted by molar-refractivity contribution is 0.0162. The molecular formula is C21H44IN5O3. The molecule has 1 unspecified atom stereocenters. The first-order valence-electron chi connectivity index (χ1n) is 10.8. The zero-order valence-electron chi connectivity index (χ0n) is 19.8. The van der Waals surface area contributed by atoms with Gasteiger partial charge in [-0.3, -0.25) is 4.99 Å². The third-order valence-electron chi connectivity index (χ3n) is 4.91. The van der Waals surface area contributed by atoms with Gasteiger partial charge in [-0.15, -0.1) is 24.0 Å². The van der Waals surface area contributed by atoms with Crippen LogP contribution in [0.3, 0.4) is 0 Å². The van der Waals surface area contributed by atoms with E-state index in [1.807, 2.05) is 25.7 Å². The summed E-state index contributed by atoms with van der Waals surface area (Å²) in [4.78, 5) is 20.7. The zero-order valence-corrected chi connectivity index (χ0v) is 22.2. The van der Waals surface area contributed by atoms with Crippen LogP contribution >= 0.6 is 24.0 Å². The molecule has 0 aromatic rings. The minimum Gasteiger partial charge on any atom is -0.444 e. The van der Waals surface area contributed by atoms with E-state index in [1.54, 1.807) is 14.2 Å². The standard InChI is InChI=1S/C21H43N5O3.HI/c1-21(2,3)29-20(27)26-14-7-9-18(17-26)10-11-23-19(22-4)24-12-15-25(5)13-8-16-28-6;/h18H,7-17H2,1-6H3,(H2,22,23,24);1H. The zero-order chi connectivity index (χ0) is 21.7. The first kappa shape index (κ1) is 29.2. The van der Waals surface area contributed by atoms with Crippen LogP contribution in [0.15, 0.2) is 4.99 Å². The Bertz CT molecular complexity index is 500. The van der Waals surface area contributed by atoms with Gasteiger partial charge < -0.3 is 29.9 Å². The van der Waals surface area contributed by atoms with E-state index >= 15 is 0 Å². The molecule has 178 valence electrons. The maximum atomic E-state index is 12.3. The largest absolute Gasteiger partial charge is 0.444 e. The van der Waals surface area contributed by atoms with Gasteiger partial charge in [0.25, 0.3) is 0 Å². The van der Waals surface area contributed by atoms with Crippen molar-refractivity contribution in [1.29, 1.82) is 0 Å². The summed E-state index contributed by atoms with van der Waals surface area (Å²) < 4.78 is 10.6. The Morgan fingerprint density at radius 2 is 1.93 bits per heavy atom. The van der Waals surface area contributed by atoms with E-state index in [4.69, 9.17) is 9.47 Å². The number of likely N-dealkylation sites (N-methyl/N-ethyl adjacent to an activating group) is 1. The molecule has 0 radical (unpaired) electrons. The van der Waals surface area contributed by atoms with Crippen molar-refractivity contribution >= 4 is 36.0 Å². The Morgan fingerprint density at radius 1 is 1.23 bits per heavy atom. The predicted molar refractivity (Wildman–Crippen MR) is 134 cm³/mol. The third kappa shape index (κ3) is 13.5. The van der Waals surface area contributed by atoms with Gasteiger partial charge in [-0.2, -0.15) is 0 Å². The summed E-state index contributed by atoms with van der Waals surface area (Å²) in [5.74, 6) is 1.32. The van der Waals surface area contributed by atoms with Crippen molar-refractivity contribution in [3.63, 3.8) is 0 Å². The Morgan fingerprint density at radius 3 is 2.57 bits per heavy atom. The summed E-state index contributed by atoms with van der Waals surface area (Å²) in [6, 6.07) is 0. The first-order valence-corrected chi connectivity index (χ1v) is 10.8. The van der Waals surface area contributed by atoms with Gasteiger partial charge >= 0.3 is 6.09 Å². The molecule has 0 saturated carbocycles. The van der Waals surface area contributed by atoms with E-state index in [2.05, 4.69) is 27.6 Å². The second kappa shape index (κ2) is 15.9. The highest BCUT2D eigenvalue weighted by Gasteiger charge is 2.27. The highest BCUT2D eigenvalue weighted by Crippen LogP contribution is 2.21. The molecule has 1 aliphatic heterocycles. The molecule has 0 aromatic carbocycles. The predicted octanol–water partition coefficient (Wildman–Crippen LogP) is 2.77. The van der Waals surface area contributed by atoms with E-state index in [-0.39, 0.29) is 30.1 Å². The van der Waals surface area contributed by atoms with Crippen LogP contribution in [-0.4, -0.2) is 94.5 Å². The van der Waals surface area contributed by atoms with Gasteiger partial charge in [0, 0.05) is 60.0 Å². The number of hydrogen-bond acceptors (Lipinski definition) is 5. The van der Waals surface area contributed by atoms with E-state index in [0.717, 1.165) is 77.5 Å². The third-order valence-corrected chi connectivity index (χ3v) is 4.91. The topological polar surface area (TPSA) is 78.4 Å². The number of hydrogen-bond donors (Lipinski definition) is 2. The van der Waals surface area contributed by atoms with Crippen molar-refractivity contribution in [3.05, 3.63) is 0 Å². The van der Waals surface area contributed by atoms with Gasteiger partial charge in [-0.05, 0) is 59.4 Å².